The zero-order valence-electron chi connectivity index (χ0n) is 13.0. The van der Waals surface area contributed by atoms with Crippen LogP contribution in [0, 0.1) is 0 Å². The Labute approximate surface area is 159 Å². The predicted octanol–water partition coefficient (Wildman–Crippen LogP) is 4.13. The van der Waals surface area contributed by atoms with E-state index in [4.69, 9.17) is 39.5 Å². The fourth-order valence-electron chi connectivity index (χ4n) is 1.87. The quantitative estimate of drug-likeness (QED) is 0.600. The molecule has 0 aliphatic carbocycles. The average molecular weight is 400 g/mol. The molecular weight excluding hydrogens is 387 g/mol. The van der Waals surface area contributed by atoms with Crippen molar-refractivity contribution in [3.05, 3.63) is 68.7 Å². The van der Waals surface area contributed by atoms with E-state index >= 15 is 0 Å². The molecule has 0 aliphatic heterocycles. The zero-order valence-corrected chi connectivity index (χ0v) is 15.2. The van der Waals surface area contributed by atoms with Crippen molar-refractivity contribution in [2.75, 3.05) is 7.11 Å². The number of hydrazine groups is 1. The Morgan fingerprint density at radius 3 is 2.44 bits per heavy atom. The molecule has 2 amide bonds. The second kappa shape index (κ2) is 8.76. The van der Waals surface area contributed by atoms with Gasteiger partial charge in [-0.25, -0.2) is 0 Å². The van der Waals surface area contributed by atoms with Gasteiger partial charge in [0.05, 0.1) is 22.7 Å². The van der Waals surface area contributed by atoms with Crippen molar-refractivity contribution in [1.82, 2.24) is 10.9 Å². The Bertz CT molecular complexity index is 838. The third kappa shape index (κ3) is 5.39. The first-order valence-electron chi connectivity index (χ1n) is 6.97. The molecule has 0 spiro atoms. The smallest absolute Gasteiger partial charge is 0.273 e. The van der Waals surface area contributed by atoms with Crippen molar-refractivity contribution in [1.29, 1.82) is 0 Å². The van der Waals surface area contributed by atoms with Gasteiger partial charge in [-0.1, -0.05) is 40.9 Å². The largest absolute Gasteiger partial charge is 0.496 e. The molecule has 0 saturated carbocycles. The van der Waals surface area contributed by atoms with E-state index in [1.54, 1.807) is 30.3 Å². The molecule has 0 fully saturated rings. The maximum Gasteiger partial charge on any atom is 0.273 e. The fraction of sp³-hybridized carbons (Fsp3) is 0.0588. The molecule has 8 heteroatoms. The zero-order chi connectivity index (χ0) is 18.4. The minimum absolute atomic E-state index is 0.198. The SMILES string of the molecule is COc1ccc(Cl)cc1C(=O)NNC(=O)/C=C/c1ccc(Cl)c(Cl)c1. The standard InChI is InChI=1S/C17H13Cl3N2O3/c1-25-15-6-4-11(18)9-12(15)17(24)22-21-16(23)7-3-10-2-5-13(19)14(20)8-10/h2-9H,1H3,(H,21,23)(H,22,24)/b7-3+. The molecule has 0 saturated heterocycles. The Kier molecular flexibility index (Phi) is 6.70. The van der Waals surface area contributed by atoms with Crippen LogP contribution in [0.25, 0.3) is 6.08 Å². The van der Waals surface area contributed by atoms with Gasteiger partial charge >= 0.3 is 0 Å². The second-order valence-electron chi connectivity index (χ2n) is 4.79. The highest BCUT2D eigenvalue weighted by Crippen LogP contribution is 2.23. The van der Waals surface area contributed by atoms with Crippen LogP contribution in [0.2, 0.25) is 15.1 Å². The van der Waals surface area contributed by atoms with E-state index in [1.807, 2.05) is 0 Å². The lowest BCUT2D eigenvalue weighted by atomic mass is 10.2. The molecule has 0 heterocycles. The molecule has 2 aromatic carbocycles. The summed E-state index contributed by atoms with van der Waals surface area (Å²) in [5.74, 6) is -0.751. The number of nitrogens with one attached hydrogen (secondary N) is 2. The summed E-state index contributed by atoms with van der Waals surface area (Å²) in [5, 5.41) is 1.17. The van der Waals surface area contributed by atoms with Gasteiger partial charge in [0.2, 0.25) is 0 Å². The van der Waals surface area contributed by atoms with E-state index in [0.717, 1.165) is 0 Å². The van der Waals surface area contributed by atoms with Crippen LogP contribution in [0.4, 0.5) is 0 Å². The highest BCUT2D eigenvalue weighted by atomic mass is 35.5. The molecule has 2 N–H and O–H groups in total. The van der Waals surface area contributed by atoms with E-state index in [-0.39, 0.29) is 5.56 Å². The van der Waals surface area contributed by atoms with Crippen molar-refractivity contribution in [2.24, 2.45) is 0 Å². The Hall–Kier alpha value is -2.21. The maximum atomic E-state index is 12.1. The number of rotatable bonds is 4. The summed E-state index contributed by atoms with van der Waals surface area (Å²) in [7, 11) is 1.43. The lowest BCUT2D eigenvalue weighted by molar-refractivity contribution is -0.117. The number of carbonyl (C=O) groups excluding carboxylic acids is 2. The van der Waals surface area contributed by atoms with Gasteiger partial charge in [0.1, 0.15) is 5.75 Å². The van der Waals surface area contributed by atoms with Crippen molar-refractivity contribution >= 4 is 52.7 Å². The first kappa shape index (κ1) is 19.1. The summed E-state index contributed by atoms with van der Waals surface area (Å²) in [6, 6.07) is 9.53. The summed E-state index contributed by atoms with van der Waals surface area (Å²) in [4.78, 5) is 23.9. The van der Waals surface area contributed by atoms with Crippen LogP contribution in [0.1, 0.15) is 15.9 Å². The monoisotopic (exact) mass is 398 g/mol. The van der Waals surface area contributed by atoms with E-state index in [1.165, 1.54) is 25.3 Å². The molecule has 130 valence electrons. The van der Waals surface area contributed by atoms with E-state index in [2.05, 4.69) is 10.9 Å². The molecule has 0 radical (unpaired) electrons. The number of benzene rings is 2. The maximum absolute atomic E-state index is 12.1. The molecule has 5 nitrogen and oxygen atoms in total. The van der Waals surface area contributed by atoms with Crippen LogP contribution in [0.15, 0.2) is 42.5 Å². The van der Waals surface area contributed by atoms with Gasteiger partial charge in [-0.05, 0) is 42.0 Å². The summed E-state index contributed by atoms with van der Waals surface area (Å²) in [5.41, 5.74) is 5.43. The summed E-state index contributed by atoms with van der Waals surface area (Å²) < 4.78 is 5.08. The first-order valence-corrected chi connectivity index (χ1v) is 8.11. The Morgan fingerprint density at radius 1 is 1.00 bits per heavy atom. The number of methoxy groups -OCH3 is 1. The third-order valence-corrected chi connectivity index (χ3v) is 4.05. The second-order valence-corrected chi connectivity index (χ2v) is 6.05. The average Bonchev–Trinajstić information content (AvgIpc) is 2.60. The third-order valence-electron chi connectivity index (χ3n) is 3.08. The lowest BCUT2D eigenvalue weighted by Gasteiger charge is -2.09. The summed E-state index contributed by atoms with van der Waals surface area (Å²) in [6.45, 7) is 0. The normalized spacial score (nSPS) is 10.6. The summed E-state index contributed by atoms with van der Waals surface area (Å²) >= 11 is 17.6. The van der Waals surface area contributed by atoms with Crippen LogP contribution in [-0.2, 0) is 4.79 Å². The van der Waals surface area contributed by atoms with Gasteiger partial charge in [-0.2, -0.15) is 0 Å². The fourth-order valence-corrected chi connectivity index (χ4v) is 2.35. The van der Waals surface area contributed by atoms with Crippen molar-refractivity contribution in [2.45, 2.75) is 0 Å². The number of hydrogen-bond donors (Lipinski definition) is 2. The van der Waals surface area contributed by atoms with E-state index in [0.29, 0.717) is 26.4 Å². The highest BCUT2D eigenvalue weighted by molar-refractivity contribution is 6.42. The Morgan fingerprint density at radius 2 is 1.76 bits per heavy atom. The number of amides is 2. The number of carbonyl (C=O) groups is 2. The van der Waals surface area contributed by atoms with Crippen molar-refractivity contribution < 1.29 is 14.3 Å². The van der Waals surface area contributed by atoms with Gasteiger partial charge < -0.3 is 4.74 Å². The van der Waals surface area contributed by atoms with E-state index < -0.39 is 11.8 Å². The number of hydrogen-bond acceptors (Lipinski definition) is 3. The van der Waals surface area contributed by atoms with Gasteiger partial charge in [0.25, 0.3) is 11.8 Å². The molecule has 2 rings (SSSR count). The van der Waals surface area contributed by atoms with Crippen LogP contribution < -0.4 is 15.6 Å². The van der Waals surface area contributed by atoms with Crippen LogP contribution in [0.3, 0.4) is 0 Å². The summed E-state index contributed by atoms with van der Waals surface area (Å²) in [6.07, 6.45) is 2.78. The first-order chi connectivity index (χ1) is 11.9. The van der Waals surface area contributed by atoms with Crippen LogP contribution in [0.5, 0.6) is 5.75 Å². The number of ether oxygens (including phenoxy) is 1. The van der Waals surface area contributed by atoms with Crippen molar-refractivity contribution in [3.63, 3.8) is 0 Å². The molecule has 0 bridgehead atoms. The van der Waals surface area contributed by atoms with E-state index in [9.17, 15) is 9.59 Å². The minimum atomic E-state index is -0.560. The van der Waals surface area contributed by atoms with Crippen LogP contribution >= 0.6 is 34.8 Å². The molecule has 2 aromatic rings. The Balaban J connectivity index is 1.97. The van der Waals surface area contributed by atoms with Crippen LogP contribution in [-0.4, -0.2) is 18.9 Å². The topological polar surface area (TPSA) is 67.4 Å². The van der Waals surface area contributed by atoms with Gasteiger partial charge in [0.15, 0.2) is 0 Å². The predicted molar refractivity (Wildman–Crippen MR) is 99.1 cm³/mol. The van der Waals surface area contributed by atoms with Gasteiger partial charge in [-0.15, -0.1) is 0 Å². The lowest BCUT2D eigenvalue weighted by Crippen LogP contribution is -2.40. The molecule has 0 atom stereocenters. The molecule has 0 aromatic heterocycles. The highest BCUT2D eigenvalue weighted by Gasteiger charge is 2.13. The number of halogens is 3. The van der Waals surface area contributed by atoms with Gasteiger partial charge in [0, 0.05) is 11.1 Å². The molecule has 0 aliphatic rings. The van der Waals surface area contributed by atoms with Gasteiger partial charge in [-0.3, -0.25) is 20.4 Å². The van der Waals surface area contributed by atoms with Crippen molar-refractivity contribution in [3.8, 4) is 5.75 Å². The molecule has 25 heavy (non-hydrogen) atoms. The minimum Gasteiger partial charge on any atom is -0.496 e. The molecule has 0 unspecified atom stereocenters. The molecular formula is C17H13Cl3N2O3.